The monoisotopic (exact) mass is 294 g/mol. The Morgan fingerprint density at radius 3 is 2.52 bits per heavy atom. The Labute approximate surface area is 128 Å². The van der Waals surface area contributed by atoms with Crippen molar-refractivity contribution < 1.29 is 4.52 Å². The van der Waals surface area contributed by atoms with Gasteiger partial charge in [-0.15, -0.1) is 0 Å². The van der Waals surface area contributed by atoms with E-state index in [2.05, 4.69) is 41.1 Å². The number of nitrogens with zero attached hydrogens (tertiary/aromatic N) is 3. The first kappa shape index (κ1) is 16.3. The molecule has 5 heteroatoms. The fraction of sp³-hybridized carbons (Fsp3) is 0.875. The van der Waals surface area contributed by atoms with E-state index in [1.54, 1.807) is 0 Å². The predicted molar refractivity (Wildman–Crippen MR) is 85.8 cm³/mol. The molecule has 2 atom stereocenters. The van der Waals surface area contributed by atoms with Crippen LogP contribution in [0.2, 0.25) is 0 Å². The average molecular weight is 294 g/mol. The lowest BCUT2D eigenvalue weighted by atomic mass is 9.99. The maximum absolute atomic E-state index is 5.54. The topological polar surface area (TPSA) is 54.2 Å². The Balaban J connectivity index is 2.00. The van der Waals surface area contributed by atoms with Crippen molar-refractivity contribution in [2.45, 2.75) is 71.3 Å². The molecule has 1 aromatic heterocycles. The standard InChI is InChI=1S/C16H30N4O/c1-4-10-17-14(5-2)13(3)15-18-16(19-21-15)20-11-8-6-7-9-12-20/h13-14,17H,4-12H2,1-3H3. The van der Waals surface area contributed by atoms with E-state index in [1.165, 1.54) is 25.7 Å². The van der Waals surface area contributed by atoms with Crippen LogP contribution in [0.5, 0.6) is 0 Å². The first-order chi connectivity index (χ1) is 10.3. The van der Waals surface area contributed by atoms with Crippen LogP contribution >= 0.6 is 0 Å². The summed E-state index contributed by atoms with van der Waals surface area (Å²) in [6.07, 6.45) is 7.31. The van der Waals surface area contributed by atoms with Crippen molar-refractivity contribution in [3.05, 3.63) is 5.89 Å². The fourth-order valence-electron chi connectivity index (χ4n) is 2.99. The summed E-state index contributed by atoms with van der Waals surface area (Å²) in [5.74, 6) is 1.81. The number of anilines is 1. The molecule has 0 bridgehead atoms. The van der Waals surface area contributed by atoms with Crippen molar-refractivity contribution in [3.63, 3.8) is 0 Å². The third kappa shape index (κ3) is 4.43. The fourth-order valence-corrected chi connectivity index (χ4v) is 2.99. The second-order valence-electron chi connectivity index (χ2n) is 6.09. The summed E-state index contributed by atoms with van der Waals surface area (Å²) in [4.78, 5) is 6.93. The van der Waals surface area contributed by atoms with Gasteiger partial charge in [-0.25, -0.2) is 0 Å². The van der Waals surface area contributed by atoms with Gasteiger partial charge in [-0.3, -0.25) is 0 Å². The summed E-state index contributed by atoms with van der Waals surface area (Å²) in [7, 11) is 0. The van der Waals surface area contributed by atoms with E-state index in [9.17, 15) is 0 Å². The molecule has 2 rings (SSSR count). The van der Waals surface area contributed by atoms with Crippen molar-refractivity contribution >= 4 is 5.95 Å². The minimum absolute atomic E-state index is 0.259. The Hall–Kier alpha value is -1.10. The SMILES string of the molecule is CCCNC(CC)C(C)c1nc(N2CCCCCC2)no1. The van der Waals surface area contributed by atoms with E-state index in [-0.39, 0.29) is 5.92 Å². The quantitative estimate of drug-likeness (QED) is 0.836. The molecule has 1 fully saturated rings. The molecule has 1 saturated heterocycles. The van der Waals surface area contributed by atoms with Crippen LogP contribution in [0.4, 0.5) is 5.95 Å². The smallest absolute Gasteiger partial charge is 0.266 e. The summed E-state index contributed by atoms with van der Waals surface area (Å²) < 4.78 is 5.54. The normalized spacial score (nSPS) is 19.3. The van der Waals surface area contributed by atoms with Crippen molar-refractivity contribution in [3.8, 4) is 0 Å². The highest BCUT2D eigenvalue weighted by Crippen LogP contribution is 2.23. The molecule has 1 N–H and O–H groups in total. The van der Waals surface area contributed by atoms with Gasteiger partial charge in [0.2, 0.25) is 5.89 Å². The molecule has 0 saturated carbocycles. The highest BCUT2D eigenvalue weighted by atomic mass is 16.5. The van der Waals surface area contributed by atoms with Crippen LogP contribution < -0.4 is 10.2 Å². The Morgan fingerprint density at radius 2 is 1.90 bits per heavy atom. The molecule has 1 aromatic rings. The van der Waals surface area contributed by atoms with Crippen LogP contribution in [0, 0.1) is 0 Å². The molecule has 5 nitrogen and oxygen atoms in total. The molecule has 120 valence electrons. The van der Waals surface area contributed by atoms with Gasteiger partial charge in [-0.2, -0.15) is 4.98 Å². The predicted octanol–water partition coefficient (Wildman–Crippen LogP) is 3.33. The van der Waals surface area contributed by atoms with Crippen LogP contribution in [0.1, 0.15) is 71.1 Å². The number of hydrogen-bond donors (Lipinski definition) is 1. The van der Waals surface area contributed by atoms with E-state index in [4.69, 9.17) is 4.52 Å². The summed E-state index contributed by atoms with van der Waals surface area (Å²) in [5, 5.41) is 7.79. The van der Waals surface area contributed by atoms with Gasteiger partial charge in [0.15, 0.2) is 0 Å². The largest absolute Gasteiger partial charge is 0.338 e. The van der Waals surface area contributed by atoms with Gasteiger partial charge in [0, 0.05) is 19.1 Å². The lowest BCUT2D eigenvalue weighted by molar-refractivity contribution is 0.319. The Bertz CT molecular complexity index is 399. The van der Waals surface area contributed by atoms with Crippen LogP contribution in [0.3, 0.4) is 0 Å². The molecule has 1 aliphatic rings. The van der Waals surface area contributed by atoms with E-state index in [0.29, 0.717) is 6.04 Å². The molecular formula is C16H30N4O. The molecule has 21 heavy (non-hydrogen) atoms. The average Bonchev–Trinajstić information content (AvgIpc) is 2.83. The third-order valence-electron chi connectivity index (χ3n) is 4.41. The molecule has 1 aliphatic heterocycles. The molecule has 0 amide bonds. The number of nitrogens with one attached hydrogen (secondary N) is 1. The summed E-state index contributed by atoms with van der Waals surface area (Å²) in [6.45, 7) is 9.72. The Kier molecular flexibility index (Phi) is 6.49. The van der Waals surface area contributed by atoms with Crippen LogP contribution in [-0.4, -0.2) is 35.8 Å². The number of aromatic nitrogens is 2. The lowest BCUT2D eigenvalue weighted by Crippen LogP contribution is -2.34. The van der Waals surface area contributed by atoms with Gasteiger partial charge in [0.05, 0.1) is 5.92 Å². The zero-order valence-electron chi connectivity index (χ0n) is 13.8. The first-order valence-electron chi connectivity index (χ1n) is 8.58. The van der Waals surface area contributed by atoms with E-state index < -0.39 is 0 Å². The van der Waals surface area contributed by atoms with Crippen LogP contribution in [-0.2, 0) is 0 Å². The molecule has 2 unspecified atom stereocenters. The Morgan fingerprint density at radius 1 is 1.19 bits per heavy atom. The highest BCUT2D eigenvalue weighted by Gasteiger charge is 2.24. The maximum Gasteiger partial charge on any atom is 0.266 e. The number of hydrogen-bond acceptors (Lipinski definition) is 5. The van der Waals surface area contributed by atoms with Crippen LogP contribution in [0.25, 0.3) is 0 Å². The number of rotatable bonds is 7. The van der Waals surface area contributed by atoms with E-state index >= 15 is 0 Å². The van der Waals surface area contributed by atoms with E-state index in [1.807, 2.05) is 0 Å². The summed E-state index contributed by atoms with van der Waals surface area (Å²) in [5.41, 5.74) is 0. The molecule has 0 radical (unpaired) electrons. The van der Waals surface area contributed by atoms with Crippen molar-refractivity contribution in [2.75, 3.05) is 24.5 Å². The van der Waals surface area contributed by atoms with Gasteiger partial charge in [0.25, 0.3) is 5.95 Å². The minimum atomic E-state index is 0.259. The molecular weight excluding hydrogens is 264 g/mol. The zero-order valence-corrected chi connectivity index (χ0v) is 13.8. The van der Waals surface area contributed by atoms with E-state index in [0.717, 1.165) is 44.3 Å². The molecule has 2 heterocycles. The van der Waals surface area contributed by atoms with Gasteiger partial charge < -0.3 is 14.7 Å². The second kappa shape index (κ2) is 8.37. The van der Waals surface area contributed by atoms with Gasteiger partial charge in [-0.05, 0) is 37.4 Å². The summed E-state index contributed by atoms with van der Waals surface area (Å²) in [6, 6.07) is 0.405. The second-order valence-corrected chi connectivity index (χ2v) is 6.09. The lowest BCUT2D eigenvalue weighted by Gasteiger charge is -2.21. The van der Waals surface area contributed by atoms with Gasteiger partial charge in [-0.1, -0.05) is 33.6 Å². The molecule has 0 spiro atoms. The van der Waals surface area contributed by atoms with Gasteiger partial charge >= 0.3 is 0 Å². The first-order valence-corrected chi connectivity index (χ1v) is 8.58. The third-order valence-corrected chi connectivity index (χ3v) is 4.41. The zero-order chi connectivity index (χ0) is 15.1. The summed E-state index contributed by atoms with van der Waals surface area (Å²) >= 11 is 0. The van der Waals surface area contributed by atoms with Crippen molar-refractivity contribution in [2.24, 2.45) is 0 Å². The van der Waals surface area contributed by atoms with Crippen molar-refractivity contribution in [1.29, 1.82) is 0 Å². The van der Waals surface area contributed by atoms with Gasteiger partial charge in [0.1, 0.15) is 0 Å². The minimum Gasteiger partial charge on any atom is -0.338 e. The molecule has 0 aromatic carbocycles. The van der Waals surface area contributed by atoms with Crippen LogP contribution in [0.15, 0.2) is 4.52 Å². The maximum atomic E-state index is 5.54. The highest BCUT2D eigenvalue weighted by molar-refractivity contribution is 5.28. The van der Waals surface area contributed by atoms with Crippen molar-refractivity contribution in [1.82, 2.24) is 15.5 Å². The molecule has 0 aliphatic carbocycles.